The molecule has 1 N–H and O–H groups in total. The summed E-state index contributed by atoms with van der Waals surface area (Å²) in [4.78, 5) is 5.69. The van der Waals surface area contributed by atoms with Crippen molar-refractivity contribution in [2.24, 2.45) is 5.92 Å². The maximum atomic E-state index is 5.91. The van der Waals surface area contributed by atoms with E-state index in [1.54, 1.807) is 0 Å². The molecule has 1 aromatic carbocycles. The van der Waals surface area contributed by atoms with E-state index in [4.69, 9.17) is 16.4 Å². The fourth-order valence-corrected chi connectivity index (χ4v) is 1.90. The van der Waals surface area contributed by atoms with E-state index in [0.29, 0.717) is 5.92 Å². The number of halogens is 1. The molecule has 0 heterocycles. The molecule has 1 fully saturated rings. The lowest BCUT2D eigenvalue weighted by atomic mass is 10.0. The highest BCUT2D eigenvalue weighted by atomic mass is 35.5. The van der Waals surface area contributed by atoms with Gasteiger partial charge < -0.3 is 0 Å². The summed E-state index contributed by atoms with van der Waals surface area (Å²) in [6, 6.07) is 8.30. The molecule has 0 aromatic heterocycles. The van der Waals surface area contributed by atoms with Gasteiger partial charge in [0.25, 0.3) is 0 Å². The average molecular weight is 254 g/mol. The largest absolute Gasteiger partial charge is 0.295 e. The van der Waals surface area contributed by atoms with Gasteiger partial charge in [0.1, 0.15) is 0 Å². The van der Waals surface area contributed by atoms with E-state index >= 15 is 0 Å². The Labute approximate surface area is 108 Å². The lowest BCUT2D eigenvalue weighted by Gasteiger charge is -2.25. The summed E-state index contributed by atoms with van der Waals surface area (Å²) in [5.74, 6) is 0.693. The van der Waals surface area contributed by atoms with Crippen LogP contribution in [0.1, 0.15) is 45.2 Å². The fraction of sp³-hybridized carbons (Fsp3) is 0.571. The molecule has 1 saturated carbocycles. The van der Waals surface area contributed by atoms with Crippen LogP contribution in [-0.2, 0) is 4.84 Å². The predicted molar refractivity (Wildman–Crippen MR) is 70.9 cm³/mol. The minimum atomic E-state index is -0.167. The van der Waals surface area contributed by atoms with Gasteiger partial charge in [-0.2, -0.15) is 5.48 Å². The molecule has 0 amide bonds. The predicted octanol–water partition coefficient (Wildman–Crippen LogP) is 4.11. The van der Waals surface area contributed by atoms with Gasteiger partial charge in [-0.05, 0) is 57.2 Å². The lowest BCUT2D eigenvalue weighted by molar-refractivity contribution is -0.0922. The first-order valence-corrected chi connectivity index (χ1v) is 6.52. The summed E-state index contributed by atoms with van der Waals surface area (Å²) in [6.07, 6.45) is 2.54. The van der Waals surface area contributed by atoms with E-state index in [2.05, 4.69) is 17.6 Å². The molecule has 3 heteroatoms. The van der Waals surface area contributed by atoms with Crippen molar-refractivity contribution in [3.8, 4) is 0 Å². The summed E-state index contributed by atoms with van der Waals surface area (Å²) in [7, 11) is 0. The standard InChI is InChI=1S/C14H20ClNO/c1-14(2,3)17-16-13(10-4-5-10)11-6-8-12(15)9-7-11/h6-10,13,16H,4-5H2,1-3H3. The molecule has 0 bridgehead atoms. The zero-order valence-corrected chi connectivity index (χ0v) is 11.4. The van der Waals surface area contributed by atoms with Crippen molar-refractivity contribution in [2.45, 2.75) is 45.3 Å². The molecule has 2 nitrogen and oxygen atoms in total. The first-order chi connectivity index (χ1) is 7.96. The lowest BCUT2D eigenvalue weighted by Crippen LogP contribution is -2.33. The van der Waals surface area contributed by atoms with Gasteiger partial charge in [0.2, 0.25) is 0 Å². The van der Waals surface area contributed by atoms with E-state index in [1.165, 1.54) is 18.4 Å². The van der Waals surface area contributed by atoms with Gasteiger partial charge in [-0.3, -0.25) is 4.84 Å². The number of hydrogen-bond acceptors (Lipinski definition) is 2. The highest BCUT2D eigenvalue weighted by molar-refractivity contribution is 6.30. The van der Waals surface area contributed by atoms with Gasteiger partial charge >= 0.3 is 0 Å². The normalized spacial score (nSPS) is 18.1. The second kappa shape index (κ2) is 4.97. The quantitative estimate of drug-likeness (QED) is 0.816. The smallest absolute Gasteiger partial charge is 0.0813 e. The van der Waals surface area contributed by atoms with Crippen molar-refractivity contribution in [1.29, 1.82) is 0 Å². The molecule has 0 spiro atoms. The van der Waals surface area contributed by atoms with Crippen molar-refractivity contribution in [2.75, 3.05) is 0 Å². The number of nitrogens with one attached hydrogen (secondary N) is 1. The Morgan fingerprint density at radius 3 is 2.29 bits per heavy atom. The molecular formula is C14H20ClNO. The summed E-state index contributed by atoms with van der Waals surface area (Å²) in [6.45, 7) is 6.14. The SMILES string of the molecule is CC(C)(C)ONC(c1ccc(Cl)cc1)C1CC1. The van der Waals surface area contributed by atoms with E-state index in [1.807, 2.05) is 32.9 Å². The van der Waals surface area contributed by atoms with E-state index < -0.39 is 0 Å². The van der Waals surface area contributed by atoms with Crippen LogP contribution in [0.2, 0.25) is 5.02 Å². The molecule has 17 heavy (non-hydrogen) atoms. The molecule has 1 aromatic rings. The van der Waals surface area contributed by atoms with Crippen LogP contribution in [0, 0.1) is 5.92 Å². The van der Waals surface area contributed by atoms with Crippen molar-refractivity contribution in [3.05, 3.63) is 34.9 Å². The van der Waals surface area contributed by atoms with Crippen LogP contribution >= 0.6 is 11.6 Å². The molecule has 94 valence electrons. The third kappa shape index (κ3) is 3.98. The third-order valence-corrected chi connectivity index (χ3v) is 3.07. The Bertz CT molecular complexity index is 365. The first-order valence-electron chi connectivity index (χ1n) is 6.15. The summed E-state index contributed by atoms with van der Waals surface area (Å²) in [5, 5.41) is 0.778. The second-order valence-electron chi connectivity index (χ2n) is 5.70. The van der Waals surface area contributed by atoms with Gasteiger partial charge in [0.05, 0.1) is 11.6 Å². The zero-order valence-electron chi connectivity index (χ0n) is 10.7. The topological polar surface area (TPSA) is 21.3 Å². The monoisotopic (exact) mass is 253 g/mol. The molecule has 1 unspecified atom stereocenters. The Hall–Kier alpha value is -0.570. The number of rotatable bonds is 4. The molecule has 1 aliphatic rings. The maximum Gasteiger partial charge on any atom is 0.0813 e. The van der Waals surface area contributed by atoms with Gasteiger partial charge in [-0.1, -0.05) is 23.7 Å². The Balaban J connectivity index is 2.04. The zero-order chi connectivity index (χ0) is 12.5. The summed E-state index contributed by atoms with van der Waals surface area (Å²) in [5.41, 5.74) is 4.30. The average Bonchev–Trinajstić information content (AvgIpc) is 3.03. The van der Waals surface area contributed by atoms with Gasteiger partial charge in [0, 0.05) is 5.02 Å². The first kappa shape index (κ1) is 12.9. The molecule has 1 aliphatic carbocycles. The van der Waals surface area contributed by atoms with Crippen molar-refractivity contribution >= 4 is 11.6 Å². The summed E-state index contributed by atoms with van der Waals surface area (Å²) < 4.78 is 0. The summed E-state index contributed by atoms with van der Waals surface area (Å²) >= 11 is 5.91. The van der Waals surface area contributed by atoms with Crippen molar-refractivity contribution in [3.63, 3.8) is 0 Å². The van der Waals surface area contributed by atoms with E-state index in [-0.39, 0.29) is 11.6 Å². The van der Waals surface area contributed by atoms with Gasteiger partial charge in [-0.15, -0.1) is 0 Å². The Morgan fingerprint density at radius 1 is 1.24 bits per heavy atom. The Morgan fingerprint density at radius 2 is 1.82 bits per heavy atom. The molecular weight excluding hydrogens is 234 g/mol. The molecule has 0 aliphatic heterocycles. The van der Waals surface area contributed by atoms with Crippen LogP contribution in [0.15, 0.2) is 24.3 Å². The maximum absolute atomic E-state index is 5.91. The highest BCUT2D eigenvalue weighted by Crippen LogP contribution is 2.41. The van der Waals surface area contributed by atoms with Crippen LogP contribution in [0.25, 0.3) is 0 Å². The van der Waals surface area contributed by atoms with E-state index in [9.17, 15) is 0 Å². The molecule has 0 saturated heterocycles. The van der Waals surface area contributed by atoms with Crippen LogP contribution in [-0.4, -0.2) is 5.60 Å². The minimum absolute atomic E-state index is 0.167. The van der Waals surface area contributed by atoms with Crippen LogP contribution in [0.4, 0.5) is 0 Å². The number of benzene rings is 1. The highest BCUT2D eigenvalue weighted by Gasteiger charge is 2.33. The third-order valence-electron chi connectivity index (χ3n) is 2.81. The second-order valence-corrected chi connectivity index (χ2v) is 6.14. The molecule has 2 rings (SSSR count). The fourth-order valence-electron chi connectivity index (χ4n) is 1.78. The van der Waals surface area contributed by atoms with Gasteiger partial charge in [0.15, 0.2) is 0 Å². The van der Waals surface area contributed by atoms with Crippen LogP contribution < -0.4 is 5.48 Å². The number of hydrogen-bond donors (Lipinski definition) is 1. The Kier molecular flexibility index (Phi) is 3.76. The molecule has 0 radical (unpaired) electrons. The van der Waals surface area contributed by atoms with Crippen molar-refractivity contribution < 1.29 is 4.84 Å². The minimum Gasteiger partial charge on any atom is -0.295 e. The number of hydroxylamine groups is 1. The molecule has 1 atom stereocenters. The van der Waals surface area contributed by atoms with Crippen LogP contribution in [0.3, 0.4) is 0 Å². The van der Waals surface area contributed by atoms with Crippen molar-refractivity contribution in [1.82, 2.24) is 5.48 Å². The van der Waals surface area contributed by atoms with Crippen LogP contribution in [0.5, 0.6) is 0 Å². The van der Waals surface area contributed by atoms with Gasteiger partial charge in [-0.25, -0.2) is 0 Å². The van der Waals surface area contributed by atoms with E-state index in [0.717, 1.165) is 5.02 Å².